The smallest absolute Gasteiger partial charge is 0.253 e. The third-order valence-electron chi connectivity index (χ3n) is 4.46. The maximum Gasteiger partial charge on any atom is 0.253 e. The lowest BCUT2D eigenvalue weighted by molar-refractivity contribution is 0.0791. The number of halogens is 1. The average Bonchev–Trinajstić information content (AvgIpc) is 3.22. The highest BCUT2D eigenvalue weighted by molar-refractivity contribution is 5.97. The minimum absolute atomic E-state index is 0.0143. The van der Waals surface area contributed by atoms with Crippen LogP contribution in [0.3, 0.4) is 0 Å². The Morgan fingerprint density at radius 2 is 2.17 bits per heavy atom. The van der Waals surface area contributed by atoms with E-state index in [0.717, 1.165) is 23.0 Å². The van der Waals surface area contributed by atoms with Gasteiger partial charge in [0.05, 0.1) is 17.4 Å². The molecule has 1 aliphatic rings. The lowest BCUT2D eigenvalue weighted by atomic mass is 9.98. The number of likely N-dealkylation sites (tertiary alicyclic amines) is 1. The van der Waals surface area contributed by atoms with Gasteiger partial charge in [-0.15, -0.1) is 0 Å². The number of nitrogens with zero attached hydrogens (tertiary/aromatic N) is 2. The molecule has 0 spiro atoms. The Labute approximate surface area is 133 Å². The van der Waals surface area contributed by atoms with E-state index in [0.29, 0.717) is 18.7 Å². The van der Waals surface area contributed by atoms with Crippen LogP contribution in [0.1, 0.15) is 28.3 Å². The van der Waals surface area contributed by atoms with Crippen LogP contribution in [0, 0.1) is 5.82 Å². The summed E-state index contributed by atoms with van der Waals surface area (Å²) in [4.78, 5) is 21.7. The van der Waals surface area contributed by atoms with Gasteiger partial charge in [0.25, 0.3) is 5.91 Å². The van der Waals surface area contributed by atoms with Crippen LogP contribution in [0.25, 0.3) is 11.0 Å². The molecule has 1 saturated heterocycles. The van der Waals surface area contributed by atoms with Gasteiger partial charge in [0.2, 0.25) is 0 Å². The molecule has 1 unspecified atom stereocenters. The number of aromatic amines is 1. The van der Waals surface area contributed by atoms with Crippen LogP contribution in [0.15, 0.2) is 48.8 Å². The van der Waals surface area contributed by atoms with E-state index < -0.39 is 0 Å². The highest BCUT2D eigenvalue weighted by atomic mass is 19.1. The number of rotatable bonds is 2. The van der Waals surface area contributed by atoms with Crippen LogP contribution >= 0.6 is 0 Å². The van der Waals surface area contributed by atoms with Crippen LogP contribution in [-0.4, -0.2) is 33.9 Å². The molecule has 0 radical (unpaired) electrons. The van der Waals surface area contributed by atoms with Crippen molar-refractivity contribution in [1.29, 1.82) is 0 Å². The van der Waals surface area contributed by atoms with Crippen LogP contribution in [0.4, 0.5) is 4.39 Å². The number of amides is 1. The molecule has 1 aromatic heterocycles. The first-order valence-electron chi connectivity index (χ1n) is 7.68. The van der Waals surface area contributed by atoms with E-state index in [1.807, 2.05) is 23.1 Å². The molecule has 1 N–H and O–H groups in total. The molecule has 1 amide bonds. The fourth-order valence-electron chi connectivity index (χ4n) is 3.23. The Kier molecular flexibility index (Phi) is 3.33. The maximum atomic E-state index is 13.4. The third-order valence-corrected chi connectivity index (χ3v) is 4.46. The van der Waals surface area contributed by atoms with E-state index in [1.165, 1.54) is 6.07 Å². The Morgan fingerprint density at radius 3 is 3.04 bits per heavy atom. The quantitative estimate of drug-likeness (QED) is 0.789. The van der Waals surface area contributed by atoms with Crippen LogP contribution in [0.5, 0.6) is 0 Å². The number of nitrogens with one attached hydrogen (secondary N) is 1. The standard InChI is InChI=1S/C18H16FN3O/c19-15-3-1-2-12(8-15)14-6-7-22(10-14)18(23)13-4-5-16-17(9-13)21-11-20-16/h1-5,8-9,11,14H,6-7,10H2,(H,20,21). The molecule has 1 fully saturated rings. The first-order valence-corrected chi connectivity index (χ1v) is 7.68. The van der Waals surface area contributed by atoms with Gasteiger partial charge in [0.1, 0.15) is 5.82 Å². The van der Waals surface area contributed by atoms with Gasteiger partial charge in [0, 0.05) is 24.6 Å². The van der Waals surface area contributed by atoms with Crippen molar-refractivity contribution < 1.29 is 9.18 Å². The molecular formula is C18H16FN3O. The second kappa shape index (κ2) is 5.50. The lowest BCUT2D eigenvalue weighted by Crippen LogP contribution is -2.28. The van der Waals surface area contributed by atoms with E-state index in [2.05, 4.69) is 9.97 Å². The number of hydrogen-bond donors (Lipinski definition) is 1. The summed E-state index contributed by atoms with van der Waals surface area (Å²) in [5, 5.41) is 0. The molecule has 2 aromatic carbocycles. The number of carbonyl (C=O) groups is 1. The second-order valence-corrected chi connectivity index (χ2v) is 5.93. The summed E-state index contributed by atoms with van der Waals surface area (Å²) < 4.78 is 13.4. The van der Waals surface area contributed by atoms with E-state index in [1.54, 1.807) is 24.5 Å². The second-order valence-electron chi connectivity index (χ2n) is 5.93. The fraction of sp³-hybridized carbons (Fsp3) is 0.222. The normalized spacial score (nSPS) is 17.8. The van der Waals surface area contributed by atoms with Crippen molar-refractivity contribution in [3.05, 3.63) is 65.7 Å². The molecule has 4 nitrogen and oxygen atoms in total. The molecule has 0 bridgehead atoms. The van der Waals surface area contributed by atoms with Gasteiger partial charge in [-0.1, -0.05) is 12.1 Å². The Bertz CT molecular complexity index is 873. The van der Waals surface area contributed by atoms with Crippen LogP contribution in [-0.2, 0) is 0 Å². The predicted molar refractivity (Wildman–Crippen MR) is 85.8 cm³/mol. The van der Waals surface area contributed by atoms with Crippen molar-refractivity contribution >= 4 is 16.9 Å². The van der Waals surface area contributed by atoms with Gasteiger partial charge in [-0.2, -0.15) is 0 Å². The summed E-state index contributed by atoms with van der Waals surface area (Å²) in [6.07, 6.45) is 2.48. The first kappa shape index (κ1) is 13.9. The van der Waals surface area contributed by atoms with Gasteiger partial charge in [0.15, 0.2) is 0 Å². The molecule has 23 heavy (non-hydrogen) atoms. The summed E-state index contributed by atoms with van der Waals surface area (Å²) in [5.41, 5.74) is 3.32. The first-order chi connectivity index (χ1) is 11.2. The molecule has 116 valence electrons. The molecule has 1 aliphatic heterocycles. The summed E-state index contributed by atoms with van der Waals surface area (Å²) in [6, 6.07) is 12.1. The number of hydrogen-bond acceptors (Lipinski definition) is 2. The number of carbonyl (C=O) groups excluding carboxylic acids is 1. The minimum Gasteiger partial charge on any atom is -0.345 e. The number of imidazole rings is 1. The van der Waals surface area contributed by atoms with Crippen LogP contribution < -0.4 is 0 Å². The zero-order valence-corrected chi connectivity index (χ0v) is 12.5. The summed E-state index contributed by atoms with van der Waals surface area (Å²) in [6.45, 7) is 1.32. The number of aromatic nitrogens is 2. The number of benzene rings is 2. The molecule has 2 heterocycles. The van der Waals surface area contributed by atoms with Crippen molar-refractivity contribution in [2.75, 3.05) is 13.1 Å². The summed E-state index contributed by atoms with van der Waals surface area (Å²) in [7, 11) is 0. The van der Waals surface area contributed by atoms with Gasteiger partial charge >= 0.3 is 0 Å². The SMILES string of the molecule is O=C(c1ccc2nc[nH]c2c1)N1CCC(c2cccc(F)c2)C1. The van der Waals surface area contributed by atoms with Crippen molar-refractivity contribution in [3.63, 3.8) is 0 Å². The molecule has 3 aromatic rings. The zero-order chi connectivity index (χ0) is 15.8. The van der Waals surface area contributed by atoms with Crippen molar-refractivity contribution in [3.8, 4) is 0 Å². The van der Waals surface area contributed by atoms with Gasteiger partial charge in [-0.3, -0.25) is 4.79 Å². The van der Waals surface area contributed by atoms with Crippen molar-refractivity contribution in [2.24, 2.45) is 0 Å². The lowest BCUT2D eigenvalue weighted by Gasteiger charge is -2.17. The van der Waals surface area contributed by atoms with E-state index >= 15 is 0 Å². The number of H-pyrrole nitrogens is 1. The summed E-state index contributed by atoms with van der Waals surface area (Å²) in [5.74, 6) is -0.0112. The summed E-state index contributed by atoms with van der Waals surface area (Å²) >= 11 is 0. The Morgan fingerprint density at radius 1 is 1.26 bits per heavy atom. The Balaban J connectivity index is 1.53. The molecule has 4 rings (SSSR count). The Hall–Kier alpha value is -2.69. The molecule has 1 atom stereocenters. The fourth-order valence-corrected chi connectivity index (χ4v) is 3.23. The van der Waals surface area contributed by atoms with E-state index in [9.17, 15) is 9.18 Å². The van der Waals surface area contributed by atoms with Crippen molar-refractivity contribution in [1.82, 2.24) is 14.9 Å². The average molecular weight is 309 g/mol. The maximum absolute atomic E-state index is 13.4. The van der Waals surface area contributed by atoms with Gasteiger partial charge in [-0.05, 0) is 42.3 Å². The van der Waals surface area contributed by atoms with Gasteiger partial charge < -0.3 is 9.88 Å². The topological polar surface area (TPSA) is 49.0 Å². The molecule has 0 aliphatic carbocycles. The minimum atomic E-state index is -0.225. The van der Waals surface area contributed by atoms with Crippen LogP contribution in [0.2, 0.25) is 0 Å². The third kappa shape index (κ3) is 2.59. The highest BCUT2D eigenvalue weighted by Gasteiger charge is 2.28. The highest BCUT2D eigenvalue weighted by Crippen LogP contribution is 2.28. The van der Waals surface area contributed by atoms with E-state index in [4.69, 9.17) is 0 Å². The molecule has 0 saturated carbocycles. The zero-order valence-electron chi connectivity index (χ0n) is 12.5. The molecular weight excluding hydrogens is 293 g/mol. The van der Waals surface area contributed by atoms with Crippen molar-refractivity contribution in [2.45, 2.75) is 12.3 Å². The van der Waals surface area contributed by atoms with Gasteiger partial charge in [-0.25, -0.2) is 9.37 Å². The largest absolute Gasteiger partial charge is 0.345 e. The monoisotopic (exact) mass is 309 g/mol. The number of fused-ring (bicyclic) bond motifs is 1. The van der Waals surface area contributed by atoms with E-state index in [-0.39, 0.29) is 17.6 Å². The predicted octanol–water partition coefficient (Wildman–Crippen LogP) is 3.33. The molecule has 5 heteroatoms.